The van der Waals surface area contributed by atoms with Gasteiger partial charge in [0.05, 0.1) is 24.4 Å². The van der Waals surface area contributed by atoms with Crippen molar-refractivity contribution in [1.82, 2.24) is 5.32 Å². The van der Waals surface area contributed by atoms with Crippen molar-refractivity contribution in [2.24, 2.45) is 4.99 Å². The minimum atomic E-state index is -0.0719. The first-order valence-corrected chi connectivity index (χ1v) is 7.25. The van der Waals surface area contributed by atoms with E-state index in [1.165, 1.54) is 0 Å². The topological polar surface area (TPSA) is 50.7 Å². The molecule has 0 aromatic heterocycles. The van der Waals surface area contributed by atoms with Gasteiger partial charge in [0.1, 0.15) is 5.75 Å². The number of nitrogens with zero attached hydrogens (tertiary/aromatic N) is 1. The molecule has 0 saturated carbocycles. The van der Waals surface area contributed by atoms with Crippen molar-refractivity contribution in [2.45, 2.75) is 45.6 Å². The maximum atomic E-state index is 12.3. The molecule has 4 heteroatoms. The van der Waals surface area contributed by atoms with Gasteiger partial charge in [-0.05, 0) is 30.5 Å². The summed E-state index contributed by atoms with van der Waals surface area (Å²) in [6.07, 6.45) is 5.71. The number of fused-ring (bicyclic) bond motifs is 1. The van der Waals surface area contributed by atoms with Gasteiger partial charge in [-0.25, -0.2) is 0 Å². The summed E-state index contributed by atoms with van der Waals surface area (Å²) in [4.78, 5) is 16.8. The third-order valence-corrected chi connectivity index (χ3v) is 3.47. The largest absolute Gasteiger partial charge is 0.496 e. The number of rotatable bonds is 5. The van der Waals surface area contributed by atoms with Crippen LogP contribution in [0.1, 0.15) is 49.0 Å². The Morgan fingerprint density at radius 2 is 2.10 bits per heavy atom. The van der Waals surface area contributed by atoms with Crippen molar-refractivity contribution in [3.8, 4) is 5.75 Å². The molecule has 1 unspecified atom stereocenters. The summed E-state index contributed by atoms with van der Waals surface area (Å²) >= 11 is 0. The molecule has 1 aliphatic rings. The third kappa shape index (κ3) is 3.00. The SMILES string of the molecule is CCCc1cc2c(cc1OC)C(=O)NC(CCC)C=N2. The number of aliphatic imine (C=N–C) groups is 1. The summed E-state index contributed by atoms with van der Waals surface area (Å²) in [5.41, 5.74) is 2.44. The quantitative estimate of drug-likeness (QED) is 0.896. The second-order valence-electron chi connectivity index (χ2n) is 5.08. The Morgan fingerprint density at radius 3 is 2.75 bits per heavy atom. The molecule has 1 aromatic rings. The Hall–Kier alpha value is -1.84. The number of nitrogens with one attached hydrogen (secondary N) is 1. The van der Waals surface area contributed by atoms with Gasteiger partial charge in [-0.3, -0.25) is 9.79 Å². The van der Waals surface area contributed by atoms with Crippen LogP contribution in [-0.4, -0.2) is 25.3 Å². The van der Waals surface area contributed by atoms with Gasteiger partial charge in [-0.1, -0.05) is 26.7 Å². The zero-order valence-electron chi connectivity index (χ0n) is 12.4. The molecule has 0 bridgehead atoms. The van der Waals surface area contributed by atoms with Crippen LogP contribution in [0.4, 0.5) is 5.69 Å². The molecular weight excluding hydrogens is 252 g/mol. The van der Waals surface area contributed by atoms with Crippen molar-refractivity contribution < 1.29 is 9.53 Å². The van der Waals surface area contributed by atoms with E-state index in [-0.39, 0.29) is 11.9 Å². The van der Waals surface area contributed by atoms with Gasteiger partial charge in [-0.2, -0.15) is 0 Å². The highest BCUT2D eigenvalue weighted by atomic mass is 16.5. The van der Waals surface area contributed by atoms with Gasteiger partial charge in [0.25, 0.3) is 5.91 Å². The Morgan fingerprint density at radius 1 is 1.30 bits per heavy atom. The third-order valence-electron chi connectivity index (χ3n) is 3.47. The molecule has 1 aliphatic heterocycles. The zero-order chi connectivity index (χ0) is 14.5. The molecule has 4 nitrogen and oxygen atoms in total. The molecule has 0 saturated heterocycles. The predicted molar refractivity (Wildman–Crippen MR) is 81.3 cm³/mol. The van der Waals surface area contributed by atoms with Crippen molar-refractivity contribution in [3.63, 3.8) is 0 Å². The molecule has 1 N–H and O–H groups in total. The van der Waals surface area contributed by atoms with Crippen LogP contribution in [0.3, 0.4) is 0 Å². The number of hydrogen-bond acceptors (Lipinski definition) is 3. The minimum Gasteiger partial charge on any atom is -0.496 e. The first kappa shape index (κ1) is 14.6. The van der Waals surface area contributed by atoms with Crippen molar-refractivity contribution in [3.05, 3.63) is 23.3 Å². The number of amides is 1. The van der Waals surface area contributed by atoms with Crippen LogP contribution in [0.25, 0.3) is 0 Å². The van der Waals surface area contributed by atoms with Crippen molar-refractivity contribution >= 4 is 17.8 Å². The first-order chi connectivity index (χ1) is 9.69. The molecule has 20 heavy (non-hydrogen) atoms. The van der Waals surface area contributed by atoms with Gasteiger partial charge in [0.15, 0.2) is 0 Å². The summed E-state index contributed by atoms with van der Waals surface area (Å²) in [7, 11) is 1.64. The molecule has 1 aromatic carbocycles. The lowest BCUT2D eigenvalue weighted by molar-refractivity contribution is 0.0947. The predicted octanol–water partition coefficient (Wildman–Crippen LogP) is 3.26. The number of methoxy groups -OCH3 is 1. The van der Waals surface area contributed by atoms with Crippen LogP contribution in [-0.2, 0) is 6.42 Å². The number of carbonyl (C=O) groups is 1. The zero-order valence-corrected chi connectivity index (χ0v) is 12.4. The maximum Gasteiger partial charge on any atom is 0.254 e. The minimum absolute atomic E-state index is 0.0144. The molecule has 0 fully saturated rings. The van der Waals surface area contributed by atoms with Crippen LogP contribution in [0.2, 0.25) is 0 Å². The van der Waals surface area contributed by atoms with Gasteiger partial charge in [0, 0.05) is 6.21 Å². The number of carbonyl (C=O) groups excluding carboxylic acids is 1. The Bertz CT molecular complexity index is 523. The normalized spacial score (nSPS) is 17.4. The summed E-state index contributed by atoms with van der Waals surface area (Å²) in [5.74, 6) is 0.696. The van der Waals surface area contributed by atoms with E-state index in [1.54, 1.807) is 13.2 Å². The highest BCUT2D eigenvalue weighted by Gasteiger charge is 2.20. The summed E-state index contributed by atoms with van der Waals surface area (Å²) in [5, 5.41) is 2.99. The highest BCUT2D eigenvalue weighted by Crippen LogP contribution is 2.31. The molecule has 0 aliphatic carbocycles. The molecule has 108 valence electrons. The van der Waals surface area contributed by atoms with Crippen molar-refractivity contribution in [1.29, 1.82) is 0 Å². The Balaban J connectivity index is 2.40. The van der Waals surface area contributed by atoms with E-state index in [2.05, 4.69) is 24.2 Å². The van der Waals surface area contributed by atoms with E-state index < -0.39 is 0 Å². The van der Waals surface area contributed by atoms with E-state index in [0.29, 0.717) is 5.56 Å². The maximum absolute atomic E-state index is 12.3. The molecule has 1 heterocycles. The molecule has 1 atom stereocenters. The lowest BCUT2D eigenvalue weighted by Crippen LogP contribution is -2.34. The van der Waals surface area contributed by atoms with Gasteiger partial charge >= 0.3 is 0 Å². The van der Waals surface area contributed by atoms with Gasteiger partial charge < -0.3 is 10.1 Å². The number of benzene rings is 1. The Labute approximate surface area is 120 Å². The second kappa shape index (κ2) is 6.55. The lowest BCUT2D eigenvalue weighted by atomic mass is 10.0. The van der Waals surface area contributed by atoms with E-state index >= 15 is 0 Å². The lowest BCUT2D eigenvalue weighted by Gasteiger charge is -2.13. The van der Waals surface area contributed by atoms with E-state index in [1.807, 2.05) is 12.3 Å². The molecule has 1 amide bonds. The van der Waals surface area contributed by atoms with Gasteiger partial charge in [0.2, 0.25) is 0 Å². The number of hydrogen-bond donors (Lipinski definition) is 1. The van der Waals surface area contributed by atoms with Crippen LogP contribution in [0, 0.1) is 0 Å². The average molecular weight is 274 g/mol. The van der Waals surface area contributed by atoms with E-state index in [4.69, 9.17) is 4.74 Å². The average Bonchev–Trinajstić information content (AvgIpc) is 2.58. The van der Waals surface area contributed by atoms with Crippen LogP contribution < -0.4 is 10.1 Å². The van der Waals surface area contributed by atoms with E-state index in [9.17, 15) is 4.79 Å². The Kier molecular flexibility index (Phi) is 4.77. The van der Waals surface area contributed by atoms with Crippen LogP contribution in [0.5, 0.6) is 5.75 Å². The van der Waals surface area contributed by atoms with E-state index in [0.717, 1.165) is 42.7 Å². The second-order valence-corrected chi connectivity index (χ2v) is 5.08. The fourth-order valence-corrected chi connectivity index (χ4v) is 2.47. The summed E-state index contributed by atoms with van der Waals surface area (Å²) in [6.45, 7) is 4.22. The standard InChI is InChI=1S/C16H22N2O2/c1-4-6-11-8-14-13(9-15(11)20-3)16(19)18-12(7-5-2)10-17-14/h8-10,12H,4-7H2,1-3H3,(H,18,19). The fraction of sp³-hybridized carbons (Fsp3) is 0.500. The summed E-state index contributed by atoms with van der Waals surface area (Å²) < 4.78 is 5.40. The first-order valence-electron chi connectivity index (χ1n) is 7.25. The van der Waals surface area contributed by atoms with Crippen LogP contribution in [0.15, 0.2) is 17.1 Å². The monoisotopic (exact) mass is 274 g/mol. The number of aryl methyl sites for hydroxylation is 1. The molecular formula is C16H22N2O2. The highest BCUT2D eigenvalue weighted by molar-refractivity contribution is 6.03. The molecule has 2 rings (SSSR count). The molecule has 0 spiro atoms. The summed E-state index contributed by atoms with van der Waals surface area (Å²) in [6, 6.07) is 3.80. The van der Waals surface area contributed by atoms with Crippen molar-refractivity contribution in [2.75, 3.05) is 7.11 Å². The molecule has 0 radical (unpaired) electrons. The fourth-order valence-electron chi connectivity index (χ4n) is 2.47. The van der Waals surface area contributed by atoms with Gasteiger partial charge in [-0.15, -0.1) is 0 Å². The number of ether oxygens (including phenoxy) is 1. The van der Waals surface area contributed by atoms with Crippen LogP contribution >= 0.6 is 0 Å². The smallest absolute Gasteiger partial charge is 0.254 e.